The van der Waals surface area contributed by atoms with Crippen LogP contribution in [0, 0.1) is 6.92 Å². The third-order valence-electron chi connectivity index (χ3n) is 7.54. The van der Waals surface area contributed by atoms with E-state index in [-0.39, 0.29) is 19.0 Å². The zero-order chi connectivity index (χ0) is 30.1. The molecular weight excluding hydrogens is 542 g/mol. The number of hydrogen-bond acceptors (Lipinski definition) is 5. The summed E-state index contributed by atoms with van der Waals surface area (Å²) in [5, 5.41) is 12.1. The normalized spacial score (nSPS) is 11.1. The number of carboxylic acids is 1. The molecule has 1 heterocycles. The Morgan fingerprint density at radius 1 is 0.881 bits per heavy atom. The van der Waals surface area contributed by atoms with Crippen LogP contribution < -0.4 is 4.90 Å². The van der Waals surface area contributed by atoms with Gasteiger partial charge in [-0.1, -0.05) is 80.8 Å². The second kappa shape index (κ2) is 14.8. The zero-order valence-electron chi connectivity index (χ0n) is 25.0. The minimum atomic E-state index is -1.06. The minimum absolute atomic E-state index is 0.140. The van der Waals surface area contributed by atoms with Gasteiger partial charge in [-0.15, -0.1) is 11.3 Å². The van der Waals surface area contributed by atoms with Crippen LogP contribution in [0.5, 0.6) is 0 Å². The topological polar surface area (TPSA) is 73.7 Å². The van der Waals surface area contributed by atoms with Crippen LogP contribution in [0.1, 0.15) is 77.5 Å². The third kappa shape index (κ3) is 8.29. The number of amides is 1. The molecule has 0 fully saturated rings. The summed E-state index contributed by atoms with van der Waals surface area (Å²) in [5.74, 6) is -0.725. The van der Waals surface area contributed by atoms with Gasteiger partial charge in [0.05, 0.1) is 12.2 Å². The third-order valence-corrected chi connectivity index (χ3v) is 8.37. The summed E-state index contributed by atoms with van der Waals surface area (Å²) < 4.78 is 0. The number of aryl methyl sites for hydroxylation is 1. The zero-order valence-corrected chi connectivity index (χ0v) is 25.9. The van der Waals surface area contributed by atoms with Crippen molar-refractivity contribution in [2.24, 2.45) is 0 Å². The molecule has 0 radical (unpaired) electrons. The van der Waals surface area contributed by atoms with Gasteiger partial charge in [-0.2, -0.15) is 0 Å². The maximum absolute atomic E-state index is 13.0. The van der Waals surface area contributed by atoms with Crippen molar-refractivity contribution in [1.29, 1.82) is 0 Å². The van der Waals surface area contributed by atoms with Crippen LogP contribution in [0.15, 0.2) is 78.2 Å². The van der Waals surface area contributed by atoms with E-state index in [1.807, 2.05) is 24.4 Å². The molecule has 6 nitrogen and oxygen atoms in total. The predicted octanol–water partition coefficient (Wildman–Crippen LogP) is 8.17. The molecule has 0 bridgehead atoms. The summed E-state index contributed by atoms with van der Waals surface area (Å²) in [6.07, 6.45) is 4.91. The molecule has 220 valence electrons. The molecule has 0 spiro atoms. The van der Waals surface area contributed by atoms with Gasteiger partial charge in [0.1, 0.15) is 11.6 Å². The van der Waals surface area contributed by atoms with Crippen LogP contribution >= 0.6 is 11.3 Å². The van der Waals surface area contributed by atoms with E-state index in [2.05, 4.69) is 74.3 Å². The van der Waals surface area contributed by atoms with Gasteiger partial charge >= 0.3 is 5.97 Å². The van der Waals surface area contributed by atoms with Crippen molar-refractivity contribution in [3.8, 4) is 11.3 Å². The van der Waals surface area contributed by atoms with Crippen molar-refractivity contribution in [3.63, 3.8) is 0 Å². The van der Waals surface area contributed by atoms with Gasteiger partial charge in [-0.3, -0.25) is 9.59 Å². The molecule has 0 aliphatic rings. The maximum atomic E-state index is 13.0. The van der Waals surface area contributed by atoms with E-state index in [9.17, 15) is 14.7 Å². The first kappa shape index (κ1) is 31.0. The lowest BCUT2D eigenvalue weighted by Gasteiger charge is -2.21. The molecule has 0 saturated carbocycles. The number of carbonyl (C=O) groups is 2. The number of nitrogens with zero attached hydrogens (tertiary/aromatic N) is 3. The smallest absolute Gasteiger partial charge is 0.323 e. The predicted molar refractivity (Wildman–Crippen MR) is 172 cm³/mol. The first-order valence-corrected chi connectivity index (χ1v) is 15.6. The molecule has 0 aliphatic carbocycles. The number of aromatic nitrogens is 1. The molecule has 4 rings (SSSR count). The Kier molecular flexibility index (Phi) is 10.9. The summed E-state index contributed by atoms with van der Waals surface area (Å²) in [6.45, 7) is 7.04. The van der Waals surface area contributed by atoms with Crippen molar-refractivity contribution in [1.82, 2.24) is 9.88 Å². The van der Waals surface area contributed by atoms with E-state index in [1.54, 1.807) is 12.1 Å². The van der Waals surface area contributed by atoms with Crippen molar-refractivity contribution < 1.29 is 14.7 Å². The first-order chi connectivity index (χ1) is 20.3. The van der Waals surface area contributed by atoms with Crippen LogP contribution in [0.3, 0.4) is 0 Å². The van der Waals surface area contributed by atoms with Crippen LogP contribution in [0.25, 0.3) is 11.3 Å². The Morgan fingerprint density at radius 3 is 2.12 bits per heavy atom. The number of hydrogen-bond donors (Lipinski definition) is 1. The van der Waals surface area contributed by atoms with E-state index in [0.29, 0.717) is 16.5 Å². The molecule has 4 aromatic rings. The lowest BCUT2D eigenvalue weighted by Crippen LogP contribution is -2.35. The van der Waals surface area contributed by atoms with Gasteiger partial charge < -0.3 is 14.9 Å². The van der Waals surface area contributed by atoms with Crippen LogP contribution in [0.2, 0.25) is 0 Å². The van der Waals surface area contributed by atoms with E-state index in [0.717, 1.165) is 29.1 Å². The van der Waals surface area contributed by atoms with Gasteiger partial charge in [-0.25, -0.2) is 4.98 Å². The molecule has 0 aliphatic heterocycles. The first-order valence-electron chi connectivity index (χ1n) is 14.7. The fourth-order valence-corrected chi connectivity index (χ4v) is 6.06. The van der Waals surface area contributed by atoms with Crippen LogP contribution in [0.4, 0.5) is 5.69 Å². The Labute approximate surface area is 253 Å². The van der Waals surface area contributed by atoms with Gasteiger partial charge in [0.25, 0.3) is 5.91 Å². The highest BCUT2D eigenvalue weighted by molar-refractivity contribution is 7.09. The number of carboxylic acid groups (broad SMARTS) is 1. The standard InChI is InChI=1S/C35H41N3O3S/c1-5-7-27(8-6-2)28-15-11-26(12-16-28)21-37(4)31-19-17-29(18-20-31)32-24-42-33(36-32)22-38(23-34(39)40)35(41)30-13-9-25(3)10-14-30/h9-20,24,27H,5-8,21-23H2,1-4H3,(H,39,40). The largest absolute Gasteiger partial charge is 0.480 e. The second-order valence-corrected chi connectivity index (χ2v) is 11.9. The fourth-order valence-electron chi connectivity index (χ4n) is 5.24. The number of benzene rings is 3. The Balaban J connectivity index is 1.40. The molecule has 7 heteroatoms. The summed E-state index contributed by atoms with van der Waals surface area (Å²) in [5.41, 5.74) is 7.14. The molecule has 1 aromatic heterocycles. The highest BCUT2D eigenvalue weighted by Crippen LogP contribution is 2.28. The molecule has 0 atom stereocenters. The molecule has 0 unspecified atom stereocenters. The highest BCUT2D eigenvalue weighted by Gasteiger charge is 2.20. The fraction of sp³-hybridized carbons (Fsp3) is 0.343. The second-order valence-electron chi connectivity index (χ2n) is 11.0. The van der Waals surface area contributed by atoms with Crippen LogP contribution in [-0.4, -0.2) is 40.5 Å². The average Bonchev–Trinajstić information content (AvgIpc) is 3.45. The van der Waals surface area contributed by atoms with E-state index >= 15 is 0 Å². The summed E-state index contributed by atoms with van der Waals surface area (Å²) in [7, 11) is 2.10. The van der Waals surface area contributed by atoms with Crippen molar-refractivity contribution in [2.45, 2.75) is 65.5 Å². The van der Waals surface area contributed by atoms with Crippen LogP contribution in [-0.2, 0) is 17.9 Å². The molecule has 3 aromatic carbocycles. The molecular formula is C35H41N3O3S. The van der Waals surface area contributed by atoms with E-state index in [1.165, 1.54) is 53.0 Å². The Bertz CT molecular complexity index is 1440. The number of aliphatic carboxylic acids is 1. The van der Waals surface area contributed by atoms with Gasteiger partial charge in [-0.05, 0) is 61.1 Å². The number of rotatable bonds is 14. The van der Waals surface area contributed by atoms with Crippen molar-refractivity contribution >= 4 is 28.9 Å². The highest BCUT2D eigenvalue weighted by atomic mass is 32.1. The number of carbonyl (C=O) groups excluding carboxylic acids is 1. The van der Waals surface area contributed by atoms with Crippen molar-refractivity contribution in [3.05, 3.63) is 105 Å². The lowest BCUT2D eigenvalue weighted by atomic mass is 9.90. The summed E-state index contributed by atoms with van der Waals surface area (Å²) in [4.78, 5) is 32.8. The molecule has 1 N–H and O–H groups in total. The van der Waals surface area contributed by atoms with Crippen molar-refractivity contribution in [2.75, 3.05) is 18.5 Å². The summed E-state index contributed by atoms with van der Waals surface area (Å²) >= 11 is 1.43. The quantitative estimate of drug-likeness (QED) is 0.162. The van der Waals surface area contributed by atoms with Gasteiger partial charge in [0.15, 0.2) is 0 Å². The minimum Gasteiger partial charge on any atom is -0.480 e. The molecule has 0 saturated heterocycles. The Hall–Kier alpha value is -3.97. The molecule has 1 amide bonds. The average molecular weight is 584 g/mol. The van der Waals surface area contributed by atoms with Gasteiger partial charge in [0, 0.05) is 35.8 Å². The van der Waals surface area contributed by atoms with Gasteiger partial charge in [0.2, 0.25) is 0 Å². The maximum Gasteiger partial charge on any atom is 0.323 e. The van der Waals surface area contributed by atoms with E-state index in [4.69, 9.17) is 4.98 Å². The number of anilines is 1. The number of thiazole rings is 1. The lowest BCUT2D eigenvalue weighted by molar-refractivity contribution is -0.137. The SMILES string of the molecule is CCCC(CCC)c1ccc(CN(C)c2ccc(-c3csc(CN(CC(=O)O)C(=O)c4ccc(C)cc4)n3)cc2)cc1. The van der Waals surface area contributed by atoms with E-state index < -0.39 is 5.97 Å². The monoisotopic (exact) mass is 583 g/mol. The molecule has 42 heavy (non-hydrogen) atoms. The summed E-state index contributed by atoms with van der Waals surface area (Å²) in [6, 6.07) is 24.6. The Morgan fingerprint density at radius 2 is 1.52 bits per heavy atom.